The Morgan fingerprint density at radius 3 is 2.68 bits per heavy atom. The molecule has 2 rings (SSSR count). The first-order valence-corrected chi connectivity index (χ1v) is 6.77. The van der Waals surface area contributed by atoms with E-state index in [-0.39, 0.29) is 17.7 Å². The number of benzene rings is 1. The number of amides is 1. The van der Waals surface area contributed by atoms with Crippen LogP contribution < -0.4 is 10.1 Å². The number of carbonyl (C=O) groups excluding carboxylic acids is 2. The lowest BCUT2D eigenvalue weighted by molar-refractivity contribution is -0.118. The van der Waals surface area contributed by atoms with Crippen LogP contribution in [-0.2, 0) is 4.79 Å². The van der Waals surface area contributed by atoms with Crippen LogP contribution in [0.15, 0.2) is 24.3 Å². The Labute approximate surface area is 113 Å². The molecule has 0 aliphatic heterocycles. The molecule has 1 aliphatic rings. The molecule has 1 aliphatic carbocycles. The van der Waals surface area contributed by atoms with E-state index in [0.29, 0.717) is 18.6 Å². The molecule has 0 aromatic heterocycles. The quantitative estimate of drug-likeness (QED) is 0.885. The van der Waals surface area contributed by atoms with Gasteiger partial charge in [0, 0.05) is 12.0 Å². The molecule has 0 radical (unpaired) electrons. The Morgan fingerprint density at radius 2 is 2.11 bits per heavy atom. The topological polar surface area (TPSA) is 55.4 Å². The predicted octanol–water partition coefficient (Wildman–Crippen LogP) is 2.33. The monoisotopic (exact) mass is 261 g/mol. The number of hydrogen-bond acceptors (Lipinski definition) is 3. The molecule has 0 bridgehead atoms. The maximum absolute atomic E-state index is 12.0. The van der Waals surface area contributed by atoms with Crippen molar-refractivity contribution in [1.29, 1.82) is 0 Å². The number of ketones is 1. The van der Waals surface area contributed by atoms with Gasteiger partial charge in [0.1, 0.15) is 5.75 Å². The number of nitrogens with one attached hydrogen (secondary N) is 1. The van der Waals surface area contributed by atoms with Crippen LogP contribution in [0.1, 0.15) is 43.0 Å². The zero-order valence-electron chi connectivity index (χ0n) is 11.1. The van der Waals surface area contributed by atoms with Crippen molar-refractivity contribution in [1.82, 2.24) is 5.32 Å². The molecule has 0 saturated heterocycles. The highest BCUT2D eigenvalue weighted by Gasteiger charge is 2.25. The van der Waals surface area contributed by atoms with Gasteiger partial charge in [-0.05, 0) is 43.5 Å². The summed E-state index contributed by atoms with van der Waals surface area (Å²) in [5, 5.41) is 2.78. The number of carbonyl (C=O) groups is 2. The summed E-state index contributed by atoms with van der Waals surface area (Å²) in [7, 11) is 0. The summed E-state index contributed by atoms with van der Waals surface area (Å²) >= 11 is 0. The van der Waals surface area contributed by atoms with Gasteiger partial charge in [-0.25, -0.2) is 0 Å². The maximum Gasteiger partial charge on any atom is 0.251 e. The molecule has 1 amide bonds. The lowest BCUT2D eigenvalue weighted by Gasteiger charge is -2.11. The minimum atomic E-state index is -0.302. The molecular formula is C15H19NO3. The highest BCUT2D eigenvalue weighted by molar-refractivity contribution is 5.98. The molecule has 4 nitrogen and oxygen atoms in total. The zero-order valence-corrected chi connectivity index (χ0v) is 11.1. The Hall–Kier alpha value is -1.84. The van der Waals surface area contributed by atoms with Gasteiger partial charge in [0.2, 0.25) is 0 Å². The van der Waals surface area contributed by atoms with Gasteiger partial charge in [-0.3, -0.25) is 9.59 Å². The van der Waals surface area contributed by atoms with Crippen LogP contribution in [0.25, 0.3) is 0 Å². The molecule has 1 aromatic carbocycles. The van der Waals surface area contributed by atoms with Gasteiger partial charge in [0.05, 0.1) is 12.6 Å². The van der Waals surface area contributed by atoms with Gasteiger partial charge in [-0.15, -0.1) is 0 Å². The fraction of sp³-hybridized carbons (Fsp3) is 0.467. The van der Waals surface area contributed by atoms with Gasteiger partial charge in [0.15, 0.2) is 5.78 Å². The molecule has 4 heteroatoms. The SMILES string of the molecule is CCCOc1ccc(C(=O)N[C@@H]2CCCC2=O)cc1. The Kier molecular flexibility index (Phi) is 4.55. The molecule has 1 aromatic rings. The van der Waals surface area contributed by atoms with Gasteiger partial charge in [-0.1, -0.05) is 6.92 Å². The third-order valence-corrected chi connectivity index (χ3v) is 3.20. The normalized spacial score (nSPS) is 18.4. The van der Waals surface area contributed by atoms with Crippen molar-refractivity contribution in [2.45, 2.75) is 38.6 Å². The fourth-order valence-electron chi connectivity index (χ4n) is 2.13. The third-order valence-electron chi connectivity index (χ3n) is 3.20. The predicted molar refractivity (Wildman–Crippen MR) is 72.3 cm³/mol. The van der Waals surface area contributed by atoms with Crippen LogP contribution >= 0.6 is 0 Å². The van der Waals surface area contributed by atoms with Crippen LogP contribution in [0.5, 0.6) is 5.75 Å². The van der Waals surface area contributed by atoms with Crippen LogP contribution in [0.2, 0.25) is 0 Å². The van der Waals surface area contributed by atoms with Crippen molar-refractivity contribution < 1.29 is 14.3 Å². The first kappa shape index (κ1) is 13.6. The minimum Gasteiger partial charge on any atom is -0.494 e. The first-order chi connectivity index (χ1) is 9.20. The molecule has 102 valence electrons. The number of rotatable bonds is 5. The molecule has 1 saturated carbocycles. The first-order valence-electron chi connectivity index (χ1n) is 6.77. The second-order valence-corrected chi connectivity index (χ2v) is 4.76. The molecule has 19 heavy (non-hydrogen) atoms. The highest BCUT2D eigenvalue weighted by Crippen LogP contribution is 2.16. The van der Waals surface area contributed by atoms with Crippen molar-refractivity contribution in [3.05, 3.63) is 29.8 Å². The maximum atomic E-state index is 12.0. The number of Topliss-reactive ketones (excluding diaryl/α,β-unsaturated/α-hetero) is 1. The second-order valence-electron chi connectivity index (χ2n) is 4.76. The van der Waals surface area contributed by atoms with Crippen LogP contribution in [-0.4, -0.2) is 24.3 Å². The van der Waals surface area contributed by atoms with Crippen LogP contribution in [0.3, 0.4) is 0 Å². The van der Waals surface area contributed by atoms with E-state index in [1.165, 1.54) is 0 Å². The van der Waals surface area contributed by atoms with Crippen molar-refractivity contribution in [3.63, 3.8) is 0 Å². The summed E-state index contributed by atoms with van der Waals surface area (Å²) in [6, 6.07) is 6.70. The van der Waals surface area contributed by atoms with Gasteiger partial charge in [-0.2, -0.15) is 0 Å². The van der Waals surface area contributed by atoms with E-state index in [4.69, 9.17) is 4.74 Å². The molecule has 1 fully saturated rings. The third kappa shape index (κ3) is 3.56. The summed E-state index contributed by atoms with van der Waals surface area (Å²) in [5.41, 5.74) is 0.559. The second kappa shape index (κ2) is 6.36. The number of ether oxygens (including phenoxy) is 1. The van der Waals surface area contributed by atoms with E-state index in [1.807, 2.05) is 6.92 Å². The van der Waals surface area contributed by atoms with Gasteiger partial charge in [0.25, 0.3) is 5.91 Å². The Balaban J connectivity index is 1.93. The Bertz CT molecular complexity index is 453. The zero-order chi connectivity index (χ0) is 13.7. The molecular weight excluding hydrogens is 242 g/mol. The lowest BCUT2D eigenvalue weighted by Crippen LogP contribution is -2.37. The summed E-state index contributed by atoms with van der Waals surface area (Å²) in [6.07, 6.45) is 3.15. The average molecular weight is 261 g/mol. The fourth-order valence-corrected chi connectivity index (χ4v) is 2.13. The van der Waals surface area contributed by atoms with E-state index in [1.54, 1.807) is 24.3 Å². The van der Waals surface area contributed by atoms with Gasteiger partial charge < -0.3 is 10.1 Å². The van der Waals surface area contributed by atoms with E-state index < -0.39 is 0 Å². The largest absolute Gasteiger partial charge is 0.494 e. The molecule has 0 spiro atoms. The standard InChI is InChI=1S/C15H19NO3/c1-2-10-19-12-8-6-11(7-9-12)15(18)16-13-4-3-5-14(13)17/h6-9,13H,2-5,10H2,1H3,(H,16,18)/t13-/m1/s1. The van der Waals surface area contributed by atoms with Crippen LogP contribution in [0, 0.1) is 0 Å². The van der Waals surface area contributed by atoms with E-state index in [0.717, 1.165) is 25.0 Å². The summed E-state index contributed by atoms with van der Waals surface area (Å²) < 4.78 is 5.45. The minimum absolute atomic E-state index is 0.135. The van der Waals surface area contributed by atoms with Crippen molar-refractivity contribution in [3.8, 4) is 5.75 Å². The molecule has 0 unspecified atom stereocenters. The van der Waals surface area contributed by atoms with Crippen molar-refractivity contribution >= 4 is 11.7 Å². The lowest BCUT2D eigenvalue weighted by atomic mass is 10.1. The van der Waals surface area contributed by atoms with Crippen molar-refractivity contribution in [2.24, 2.45) is 0 Å². The van der Waals surface area contributed by atoms with Gasteiger partial charge >= 0.3 is 0 Å². The Morgan fingerprint density at radius 1 is 1.37 bits per heavy atom. The van der Waals surface area contributed by atoms with E-state index >= 15 is 0 Å². The summed E-state index contributed by atoms with van der Waals surface area (Å²) in [6.45, 7) is 2.71. The smallest absolute Gasteiger partial charge is 0.251 e. The highest BCUT2D eigenvalue weighted by atomic mass is 16.5. The molecule has 0 heterocycles. The van der Waals surface area contributed by atoms with E-state index in [2.05, 4.69) is 5.32 Å². The van der Waals surface area contributed by atoms with E-state index in [9.17, 15) is 9.59 Å². The summed E-state index contributed by atoms with van der Waals surface area (Å²) in [4.78, 5) is 23.4. The van der Waals surface area contributed by atoms with Crippen LogP contribution in [0.4, 0.5) is 0 Å². The average Bonchev–Trinajstić information content (AvgIpc) is 2.82. The molecule has 1 atom stereocenters. The van der Waals surface area contributed by atoms with Crippen molar-refractivity contribution in [2.75, 3.05) is 6.61 Å². The number of hydrogen-bond donors (Lipinski definition) is 1. The summed E-state index contributed by atoms with van der Waals surface area (Å²) in [5.74, 6) is 0.703. The molecule has 1 N–H and O–H groups in total.